The molecule has 0 saturated carbocycles. The maximum absolute atomic E-state index is 12.9. The average Bonchev–Trinajstić information content (AvgIpc) is 3.19. The van der Waals surface area contributed by atoms with Gasteiger partial charge in [-0.25, -0.2) is 8.42 Å². The maximum Gasteiger partial charge on any atom is 0.373 e. The number of hydrogen-bond acceptors (Lipinski definition) is 7. The van der Waals surface area contributed by atoms with Gasteiger partial charge < -0.3 is 9.88 Å². The summed E-state index contributed by atoms with van der Waals surface area (Å²) in [4.78, 5) is 34.1. The van der Waals surface area contributed by atoms with Crippen molar-refractivity contribution in [3.63, 3.8) is 0 Å². The molecule has 0 spiro atoms. The van der Waals surface area contributed by atoms with Crippen molar-refractivity contribution in [1.82, 2.24) is 14.2 Å². The van der Waals surface area contributed by atoms with E-state index >= 15 is 0 Å². The largest absolute Gasteiger partial charge is 0.373 e. The zero-order valence-electron chi connectivity index (χ0n) is 16.7. The molecule has 3 rings (SSSR count). The van der Waals surface area contributed by atoms with E-state index < -0.39 is 10.0 Å². The van der Waals surface area contributed by atoms with Crippen LogP contribution in [-0.4, -0.2) is 61.5 Å². The van der Waals surface area contributed by atoms with E-state index in [1.165, 1.54) is 11.3 Å². The molecule has 1 aliphatic heterocycles. The van der Waals surface area contributed by atoms with Gasteiger partial charge >= 0.3 is 6.15 Å². The van der Waals surface area contributed by atoms with Crippen LogP contribution in [0.2, 0.25) is 0 Å². The standard InChI is InChI=1S/C18H25N3O3S2.CO2/c1-4-14-12-15(13(3)19-18(14)22)16-6-7-17(25-16)26(23,24)21-10-8-20(5-2)9-11-21;2-1-3/h6-7,12H,4-5,8-11H2,1-3H3,(H,19,22);. The van der Waals surface area contributed by atoms with Gasteiger partial charge in [0.15, 0.2) is 0 Å². The molecule has 10 heteroatoms. The highest BCUT2D eigenvalue weighted by atomic mass is 32.2. The minimum absolute atomic E-state index is 0.0769. The molecule has 0 bridgehead atoms. The van der Waals surface area contributed by atoms with Crippen molar-refractivity contribution in [2.75, 3.05) is 32.7 Å². The van der Waals surface area contributed by atoms with E-state index in [-0.39, 0.29) is 11.7 Å². The van der Waals surface area contributed by atoms with Gasteiger partial charge in [-0.2, -0.15) is 13.9 Å². The molecule has 29 heavy (non-hydrogen) atoms. The fourth-order valence-corrected chi connectivity index (χ4v) is 6.16. The summed E-state index contributed by atoms with van der Waals surface area (Å²) in [6, 6.07) is 5.38. The summed E-state index contributed by atoms with van der Waals surface area (Å²) in [6.45, 7) is 9.41. The summed E-state index contributed by atoms with van der Waals surface area (Å²) < 4.78 is 27.8. The topological polar surface area (TPSA) is 108 Å². The number of nitrogens with one attached hydrogen (secondary N) is 1. The number of sulfonamides is 1. The van der Waals surface area contributed by atoms with Crippen molar-refractivity contribution in [1.29, 1.82) is 0 Å². The van der Waals surface area contributed by atoms with Gasteiger partial charge in [0.1, 0.15) is 4.21 Å². The first-order valence-electron chi connectivity index (χ1n) is 9.33. The zero-order valence-corrected chi connectivity index (χ0v) is 18.4. The molecule has 0 radical (unpaired) electrons. The molecule has 0 amide bonds. The molecule has 0 aromatic carbocycles. The highest BCUT2D eigenvalue weighted by molar-refractivity contribution is 7.91. The summed E-state index contributed by atoms with van der Waals surface area (Å²) in [5.41, 5.74) is 2.28. The van der Waals surface area contributed by atoms with E-state index in [1.807, 2.05) is 26.0 Å². The number of hydrogen-bond donors (Lipinski definition) is 1. The van der Waals surface area contributed by atoms with Crippen molar-refractivity contribution in [2.45, 2.75) is 31.4 Å². The number of aryl methyl sites for hydroxylation is 2. The van der Waals surface area contributed by atoms with E-state index in [4.69, 9.17) is 9.59 Å². The average molecular weight is 440 g/mol. The van der Waals surface area contributed by atoms with Crippen LogP contribution in [0.15, 0.2) is 27.2 Å². The Bertz CT molecular complexity index is 1030. The first kappa shape index (κ1) is 23.2. The third-order valence-electron chi connectivity index (χ3n) is 4.92. The molecular formula is C19H25N3O5S2. The molecule has 1 saturated heterocycles. The molecule has 2 aromatic rings. The summed E-state index contributed by atoms with van der Waals surface area (Å²) in [6.07, 6.45) is 0.890. The first-order chi connectivity index (χ1) is 13.8. The number of thiophene rings is 1. The number of aromatic amines is 1. The Hall–Kier alpha value is -2.10. The lowest BCUT2D eigenvalue weighted by Gasteiger charge is -2.32. The molecular weight excluding hydrogens is 414 g/mol. The van der Waals surface area contributed by atoms with Gasteiger partial charge in [0, 0.05) is 47.9 Å². The van der Waals surface area contributed by atoms with Crippen LogP contribution in [0.3, 0.4) is 0 Å². The maximum atomic E-state index is 12.9. The molecule has 1 fully saturated rings. The predicted molar refractivity (Wildman–Crippen MR) is 110 cm³/mol. The van der Waals surface area contributed by atoms with Gasteiger partial charge in [-0.05, 0) is 38.1 Å². The lowest BCUT2D eigenvalue weighted by Crippen LogP contribution is -2.48. The van der Waals surface area contributed by atoms with Gasteiger partial charge in [0.05, 0.1) is 0 Å². The van der Waals surface area contributed by atoms with Crippen LogP contribution in [0.4, 0.5) is 0 Å². The number of likely N-dealkylation sites (N-methyl/N-ethyl adjacent to an activating group) is 1. The van der Waals surface area contributed by atoms with Crippen LogP contribution < -0.4 is 5.56 Å². The number of nitrogens with zero attached hydrogens (tertiary/aromatic N) is 2. The second kappa shape index (κ2) is 10.1. The Morgan fingerprint density at radius 1 is 1.14 bits per heavy atom. The Labute approximate surface area is 174 Å². The summed E-state index contributed by atoms with van der Waals surface area (Å²) >= 11 is 1.27. The predicted octanol–water partition coefficient (Wildman–Crippen LogP) is 1.72. The third-order valence-corrected chi connectivity index (χ3v) is 8.40. The lowest BCUT2D eigenvalue weighted by molar-refractivity contribution is -0.191. The number of pyridine rings is 1. The molecule has 0 unspecified atom stereocenters. The Balaban J connectivity index is 0.000000941. The van der Waals surface area contributed by atoms with Crippen LogP contribution in [-0.2, 0) is 26.0 Å². The van der Waals surface area contributed by atoms with Crippen molar-refractivity contribution in [2.24, 2.45) is 0 Å². The summed E-state index contributed by atoms with van der Waals surface area (Å²) in [5.74, 6) is 0. The number of piperazine rings is 1. The smallest absolute Gasteiger partial charge is 0.326 e. The summed E-state index contributed by atoms with van der Waals surface area (Å²) in [7, 11) is -3.46. The van der Waals surface area contributed by atoms with Crippen LogP contribution in [0.25, 0.3) is 10.4 Å². The van der Waals surface area contributed by atoms with Crippen LogP contribution in [0, 0.1) is 6.92 Å². The van der Waals surface area contributed by atoms with Crippen LogP contribution in [0.5, 0.6) is 0 Å². The first-order valence-corrected chi connectivity index (χ1v) is 11.6. The molecule has 3 heterocycles. The SMILES string of the molecule is CCc1cc(-c2ccc(S(=O)(=O)N3CCN(CC)CC3)s2)c(C)[nH]c1=O.O=C=O. The number of carbonyl (C=O) groups excluding carboxylic acids is 2. The Morgan fingerprint density at radius 3 is 2.31 bits per heavy atom. The van der Waals surface area contributed by atoms with E-state index in [9.17, 15) is 13.2 Å². The molecule has 1 aliphatic rings. The van der Waals surface area contributed by atoms with Crippen molar-refractivity contribution < 1.29 is 18.0 Å². The Morgan fingerprint density at radius 2 is 1.76 bits per heavy atom. The fourth-order valence-electron chi connectivity index (χ4n) is 3.20. The van der Waals surface area contributed by atoms with Crippen LogP contribution >= 0.6 is 11.3 Å². The minimum atomic E-state index is -3.46. The summed E-state index contributed by atoms with van der Waals surface area (Å²) in [5, 5.41) is 0. The van der Waals surface area contributed by atoms with E-state index in [1.54, 1.807) is 10.4 Å². The van der Waals surface area contributed by atoms with E-state index in [2.05, 4.69) is 16.8 Å². The minimum Gasteiger partial charge on any atom is -0.326 e. The van der Waals surface area contributed by atoms with Gasteiger partial charge in [0.2, 0.25) is 0 Å². The van der Waals surface area contributed by atoms with E-state index in [0.717, 1.165) is 35.8 Å². The van der Waals surface area contributed by atoms with Gasteiger partial charge in [-0.3, -0.25) is 4.79 Å². The van der Waals surface area contributed by atoms with Crippen LogP contribution in [0.1, 0.15) is 25.1 Å². The second-order valence-corrected chi connectivity index (χ2v) is 9.80. The van der Waals surface area contributed by atoms with Gasteiger partial charge in [-0.1, -0.05) is 13.8 Å². The number of aromatic nitrogens is 1. The number of H-pyrrole nitrogens is 1. The van der Waals surface area contributed by atoms with Gasteiger partial charge in [0.25, 0.3) is 15.6 Å². The van der Waals surface area contributed by atoms with Gasteiger partial charge in [-0.15, -0.1) is 11.3 Å². The normalized spacial score (nSPS) is 15.4. The molecule has 0 atom stereocenters. The highest BCUT2D eigenvalue weighted by Gasteiger charge is 2.29. The quantitative estimate of drug-likeness (QED) is 0.760. The Kier molecular flexibility index (Phi) is 8.06. The highest BCUT2D eigenvalue weighted by Crippen LogP contribution is 2.33. The fraction of sp³-hybridized carbons (Fsp3) is 0.474. The second-order valence-electron chi connectivity index (χ2n) is 6.56. The third kappa shape index (κ3) is 5.29. The monoisotopic (exact) mass is 439 g/mol. The lowest BCUT2D eigenvalue weighted by atomic mass is 10.1. The number of rotatable bonds is 5. The molecule has 8 nitrogen and oxygen atoms in total. The molecule has 1 N–H and O–H groups in total. The van der Waals surface area contributed by atoms with Crippen molar-refractivity contribution in [3.8, 4) is 10.4 Å². The van der Waals surface area contributed by atoms with E-state index in [0.29, 0.717) is 29.3 Å². The molecule has 2 aromatic heterocycles. The zero-order chi connectivity index (χ0) is 21.6. The molecule has 158 valence electrons. The van der Waals surface area contributed by atoms with Crippen molar-refractivity contribution in [3.05, 3.63) is 39.8 Å². The molecule has 0 aliphatic carbocycles. The van der Waals surface area contributed by atoms with Crippen molar-refractivity contribution >= 4 is 27.5 Å².